The fourth-order valence-corrected chi connectivity index (χ4v) is 2.67. The molecule has 1 N–H and O–H groups in total. The van der Waals surface area contributed by atoms with E-state index in [4.69, 9.17) is 16.0 Å². The van der Waals surface area contributed by atoms with Crippen molar-refractivity contribution in [2.45, 2.75) is 25.3 Å². The summed E-state index contributed by atoms with van der Waals surface area (Å²) in [5.41, 5.74) is 1.11. The van der Waals surface area contributed by atoms with Gasteiger partial charge in [0, 0.05) is 11.1 Å². The first kappa shape index (κ1) is 14.5. The average molecular weight is 296 g/mol. The van der Waals surface area contributed by atoms with E-state index in [9.17, 15) is 0 Å². The van der Waals surface area contributed by atoms with Gasteiger partial charge in [-0.3, -0.25) is 0 Å². The second-order valence-electron chi connectivity index (χ2n) is 4.43. The van der Waals surface area contributed by atoms with Crippen LogP contribution in [0.15, 0.2) is 40.8 Å². The number of thioether (sulfide) groups is 1. The lowest BCUT2D eigenvalue weighted by molar-refractivity contribution is 0.442. The van der Waals surface area contributed by atoms with Crippen molar-refractivity contribution >= 4 is 23.4 Å². The number of hydrogen-bond donors (Lipinski definition) is 1. The van der Waals surface area contributed by atoms with Gasteiger partial charge in [0.2, 0.25) is 0 Å². The lowest BCUT2D eigenvalue weighted by atomic mass is 10.1. The fourth-order valence-electron chi connectivity index (χ4n) is 1.93. The molecule has 102 valence electrons. The minimum atomic E-state index is 0.197. The summed E-state index contributed by atoms with van der Waals surface area (Å²) in [6.45, 7) is 2.81. The van der Waals surface area contributed by atoms with E-state index in [1.54, 1.807) is 11.8 Å². The van der Waals surface area contributed by atoms with E-state index in [1.807, 2.05) is 36.4 Å². The Hall–Kier alpha value is -0.900. The summed E-state index contributed by atoms with van der Waals surface area (Å²) >= 11 is 7.94. The van der Waals surface area contributed by atoms with Gasteiger partial charge >= 0.3 is 0 Å². The minimum Gasteiger partial charge on any atom is -0.464 e. The number of furan rings is 1. The van der Waals surface area contributed by atoms with Crippen LogP contribution in [0.4, 0.5) is 0 Å². The van der Waals surface area contributed by atoms with Crippen molar-refractivity contribution in [3.63, 3.8) is 0 Å². The lowest BCUT2D eigenvalue weighted by Gasteiger charge is -2.14. The lowest BCUT2D eigenvalue weighted by Crippen LogP contribution is -2.18. The van der Waals surface area contributed by atoms with Crippen LogP contribution in [0, 0.1) is 0 Å². The summed E-state index contributed by atoms with van der Waals surface area (Å²) < 4.78 is 5.72. The molecule has 0 bridgehead atoms. The van der Waals surface area contributed by atoms with Crippen LogP contribution in [0.5, 0.6) is 0 Å². The van der Waals surface area contributed by atoms with Gasteiger partial charge in [0.15, 0.2) is 0 Å². The Labute approximate surface area is 123 Å². The van der Waals surface area contributed by atoms with Gasteiger partial charge in [-0.15, -0.1) is 0 Å². The highest BCUT2D eigenvalue weighted by molar-refractivity contribution is 7.97. The molecule has 0 saturated carbocycles. The highest BCUT2D eigenvalue weighted by Crippen LogP contribution is 2.22. The van der Waals surface area contributed by atoms with Crippen molar-refractivity contribution in [2.75, 3.05) is 6.26 Å². The van der Waals surface area contributed by atoms with Crippen molar-refractivity contribution in [1.82, 2.24) is 5.32 Å². The molecule has 0 aliphatic heterocycles. The number of nitrogens with one attached hydrogen (secondary N) is 1. The molecule has 19 heavy (non-hydrogen) atoms. The van der Waals surface area contributed by atoms with Crippen LogP contribution in [0.25, 0.3) is 0 Å². The molecule has 0 radical (unpaired) electrons. The van der Waals surface area contributed by atoms with Gasteiger partial charge in [-0.25, -0.2) is 0 Å². The summed E-state index contributed by atoms with van der Waals surface area (Å²) in [6.07, 6.45) is 2.07. The maximum atomic E-state index is 6.18. The molecule has 4 heteroatoms. The summed E-state index contributed by atoms with van der Waals surface area (Å²) in [5, 5.41) is 4.22. The van der Waals surface area contributed by atoms with Crippen LogP contribution < -0.4 is 5.32 Å². The summed E-state index contributed by atoms with van der Waals surface area (Å²) in [6, 6.07) is 12.2. The molecule has 2 aromatic rings. The fraction of sp³-hybridized carbons (Fsp3) is 0.333. The molecule has 0 unspecified atom stereocenters. The number of halogens is 1. The molecule has 2 rings (SSSR count). The molecule has 2 nitrogen and oxygen atoms in total. The van der Waals surface area contributed by atoms with Gasteiger partial charge in [0.1, 0.15) is 11.5 Å². The normalized spacial score (nSPS) is 12.6. The van der Waals surface area contributed by atoms with Crippen LogP contribution in [-0.2, 0) is 12.3 Å². The monoisotopic (exact) mass is 295 g/mol. The van der Waals surface area contributed by atoms with E-state index in [0.29, 0.717) is 6.54 Å². The highest BCUT2D eigenvalue weighted by Gasteiger charge is 2.09. The molecule has 1 heterocycles. The molecular weight excluding hydrogens is 278 g/mol. The van der Waals surface area contributed by atoms with Crippen molar-refractivity contribution in [3.8, 4) is 0 Å². The second-order valence-corrected chi connectivity index (χ2v) is 5.70. The molecule has 0 saturated heterocycles. The maximum Gasteiger partial charge on any atom is 0.118 e. The summed E-state index contributed by atoms with van der Waals surface area (Å²) in [7, 11) is 0. The SMILES string of the molecule is CSCc1ccc(CN[C@H](C)c2ccccc2Cl)o1. The quantitative estimate of drug-likeness (QED) is 0.840. The molecule has 0 amide bonds. The van der Waals surface area contributed by atoms with Crippen molar-refractivity contribution in [1.29, 1.82) is 0 Å². The summed E-state index contributed by atoms with van der Waals surface area (Å²) in [5.74, 6) is 2.90. The van der Waals surface area contributed by atoms with Crippen LogP contribution >= 0.6 is 23.4 Å². The van der Waals surface area contributed by atoms with Gasteiger partial charge in [0.05, 0.1) is 12.3 Å². The molecule has 0 aliphatic carbocycles. The Balaban J connectivity index is 1.92. The zero-order valence-electron chi connectivity index (χ0n) is 11.2. The second kappa shape index (κ2) is 7.04. The smallest absolute Gasteiger partial charge is 0.118 e. The zero-order chi connectivity index (χ0) is 13.7. The first-order chi connectivity index (χ1) is 9.20. The zero-order valence-corrected chi connectivity index (χ0v) is 12.7. The van der Waals surface area contributed by atoms with Crippen molar-refractivity contribution in [3.05, 3.63) is 58.5 Å². The third-order valence-corrected chi connectivity index (χ3v) is 3.88. The minimum absolute atomic E-state index is 0.197. The van der Waals surface area contributed by atoms with Crippen LogP contribution in [-0.4, -0.2) is 6.26 Å². The average Bonchev–Trinajstić information content (AvgIpc) is 2.85. The van der Waals surface area contributed by atoms with Crippen molar-refractivity contribution in [2.24, 2.45) is 0 Å². The van der Waals surface area contributed by atoms with Crippen LogP contribution in [0.1, 0.15) is 30.0 Å². The molecular formula is C15H18ClNOS. The Morgan fingerprint density at radius 1 is 1.21 bits per heavy atom. The third-order valence-electron chi connectivity index (χ3n) is 2.96. The Morgan fingerprint density at radius 2 is 1.95 bits per heavy atom. The summed E-state index contributed by atoms with van der Waals surface area (Å²) in [4.78, 5) is 0. The predicted octanol–water partition coefficient (Wildman–Crippen LogP) is 4.65. The van der Waals surface area contributed by atoms with Gasteiger partial charge in [-0.1, -0.05) is 29.8 Å². The number of hydrogen-bond acceptors (Lipinski definition) is 3. The highest BCUT2D eigenvalue weighted by atomic mass is 35.5. The standard InChI is InChI=1S/C15H18ClNOS/c1-11(14-5-3-4-6-15(14)16)17-9-12-7-8-13(18-12)10-19-2/h3-8,11,17H,9-10H2,1-2H3/t11-/m1/s1. The van der Waals surface area contributed by atoms with Crippen LogP contribution in [0.2, 0.25) is 5.02 Å². The van der Waals surface area contributed by atoms with Crippen LogP contribution in [0.3, 0.4) is 0 Å². The van der Waals surface area contributed by atoms with Gasteiger partial charge in [-0.05, 0) is 36.9 Å². The molecule has 0 spiro atoms. The van der Waals surface area contributed by atoms with E-state index in [1.165, 1.54) is 0 Å². The van der Waals surface area contributed by atoms with E-state index in [0.717, 1.165) is 27.9 Å². The van der Waals surface area contributed by atoms with E-state index in [2.05, 4.69) is 18.5 Å². The first-order valence-electron chi connectivity index (χ1n) is 6.25. The van der Waals surface area contributed by atoms with E-state index >= 15 is 0 Å². The number of benzene rings is 1. The Bertz CT molecular complexity index is 526. The first-order valence-corrected chi connectivity index (χ1v) is 8.02. The maximum absolute atomic E-state index is 6.18. The predicted molar refractivity (Wildman–Crippen MR) is 82.6 cm³/mol. The topological polar surface area (TPSA) is 25.2 Å². The van der Waals surface area contributed by atoms with Gasteiger partial charge < -0.3 is 9.73 Å². The Morgan fingerprint density at radius 3 is 2.68 bits per heavy atom. The van der Waals surface area contributed by atoms with E-state index in [-0.39, 0.29) is 6.04 Å². The molecule has 0 fully saturated rings. The molecule has 1 atom stereocenters. The van der Waals surface area contributed by atoms with E-state index < -0.39 is 0 Å². The molecule has 0 aliphatic rings. The third kappa shape index (κ3) is 4.03. The number of rotatable bonds is 6. The molecule has 1 aromatic carbocycles. The Kier molecular flexibility index (Phi) is 5.37. The van der Waals surface area contributed by atoms with Crippen molar-refractivity contribution < 1.29 is 4.42 Å². The van der Waals surface area contributed by atoms with Gasteiger partial charge in [0.25, 0.3) is 0 Å². The van der Waals surface area contributed by atoms with Gasteiger partial charge in [-0.2, -0.15) is 11.8 Å². The largest absolute Gasteiger partial charge is 0.464 e. The molecule has 1 aromatic heterocycles.